The van der Waals surface area contributed by atoms with Crippen LogP contribution in [0, 0.1) is 0 Å². The van der Waals surface area contributed by atoms with Crippen LogP contribution in [0.15, 0.2) is 40.0 Å². The van der Waals surface area contributed by atoms with Crippen LogP contribution in [0.1, 0.15) is 23.1 Å². The Morgan fingerprint density at radius 1 is 1.17 bits per heavy atom. The molecule has 0 aliphatic carbocycles. The summed E-state index contributed by atoms with van der Waals surface area (Å²) in [5.74, 6) is 2.32. The summed E-state index contributed by atoms with van der Waals surface area (Å²) in [4.78, 5) is 4.39. The third-order valence-electron chi connectivity index (χ3n) is 3.38. The van der Waals surface area contributed by atoms with Gasteiger partial charge in [-0.15, -0.1) is 10.2 Å². The molecule has 1 N–H and O–H groups in total. The summed E-state index contributed by atoms with van der Waals surface area (Å²) in [5.41, 5.74) is 1.25. The van der Waals surface area contributed by atoms with Crippen molar-refractivity contribution in [1.29, 1.82) is 0 Å². The molecule has 0 aliphatic heterocycles. The zero-order chi connectivity index (χ0) is 16.1. The number of nitrogens with zero attached hydrogens (tertiary/aromatic N) is 5. The molecule has 3 aromatic rings. The van der Waals surface area contributed by atoms with E-state index in [1.807, 2.05) is 25.2 Å². The van der Waals surface area contributed by atoms with Gasteiger partial charge in [-0.3, -0.25) is 0 Å². The van der Waals surface area contributed by atoms with Crippen molar-refractivity contribution < 1.29 is 9.63 Å². The van der Waals surface area contributed by atoms with Crippen molar-refractivity contribution in [1.82, 2.24) is 24.9 Å². The molecule has 0 fully saturated rings. The minimum absolute atomic E-state index is 0.131. The minimum Gasteiger partial charge on any atom is -0.388 e. The normalized spacial score (nSPS) is 11.0. The first-order valence-corrected chi connectivity index (χ1v) is 8.22. The highest BCUT2D eigenvalue weighted by molar-refractivity contribution is 7.98. The molecule has 0 saturated heterocycles. The maximum atomic E-state index is 9.10. The Labute approximate surface area is 137 Å². The summed E-state index contributed by atoms with van der Waals surface area (Å²) in [6.45, 7) is -0.131. The van der Waals surface area contributed by atoms with Crippen LogP contribution in [-0.2, 0) is 32.2 Å². The summed E-state index contributed by atoms with van der Waals surface area (Å²) in [5, 5.41) is 21.7. The third kappa shape index (κ3) is 3.96. The molecule has 0 spiro atoms. The van der Waals surface area contributed by atoms with Crippen LogP contribution in [0.5, 0.6) is 0 Å². The Morgan fingerprint density at radius 2 is 2.00 bits per heavy atom. The molecule has 2 aromatic heterocycles. The van der Waals surface area contributed by atoms with Crippen molar-refractivity contribution in [3.63, 3.8) is 0 Å². The van der Waals surface area contributed by atoms with Crippen molar-refractivity contribution in [3.05, 3.63) is 53.4 Å². The van der Waals surface area contributed by atoms with Crippen LogP contribution < -0.4 is 0 Å². The molecular weight excluding hydrogens is 314 g/mol. The highest BCUT2D eigenvalue weighted by atomic mass is 32.2. The minimum atomic E-state index is -0.131. The van der Waals surface area contributed by atoms with Gasteiger partial charge < -0.3 is 14.2 Å². The van der Waals surface area contributed by atoms with Crippen LogP contribution in [0.25, 0.3) is 0 Å². The Hall–Kier alpha value is -2.19. The molecule has 2 heterocycles. The van der Waals surface area contributed by atoms with E-state index in [0.29, 0.717) is 28.4 Å². The Balaban J connectivity index is 1.54. The first kappa shape index (κ1) is 15.7. The predicted molar refractivity (Wildman–Crippen MR) is 84.6 cm³/mol. The van der Waals surface area contributed by atoms with E-state index in [0.717, 1.165) is 12.8 Å². The SMILES string of the molecule is Cn1c(CO)nnc1SCc1nc(CCc2ccccc2)no1. The summed E-state index contributed by atoms with van der Waals surface area (Å²) >= 11 is 1.45. The van der Waals surface area contributed by atoms with Gasteiger partial charge in [-0.05, 0) is 12.0 Å². The molecular formula is C15H17N5O2S. The fourth-order valence-corrected chi connectivity index (χ4v) is 2.85. The van der Waals surface area contributed by atoms with Gasteiger partial charge in [0.1, 0.15) is 6.61 Å². The zero-order valence-corrected chi connectivity index (χ0v) is 13.5. The number of aryl methyl sites for hydroxylation is 2. The number of benzene rings is 1. The van der Waals surface area contributed by atoms with Gasteiger partial charge in [-0.25, -0.2) is 0 Å². The molecule has 8 heteroatoms. The van der Waals surface area contributed by atoms with Gasteiger partial charge in [0.15, 0.2) is 16.8 Å². The highest BCUT2D eigenvalue weighted by Crippen LogP contribution is 2.20. The monoisotopic (exact) mass is 331 g/mol. The van der Waals surface area contributed by atoms with Crippen molar-refractivity contribution in [3.8, 4) is 0 Å². The lowest BCUT2D eigenvalue weighted by atomic mass is 10.1. The van der Waals surface area contributed by atoms with E-state index in [-0.39, 0.29) is 6.61 Å². The average Bonchev–Trinajstić information content (AvgIpc) is 3.18. The second kappa shape index (κ2) is 7.38. The zero-order valence-electron chi connectivity index (χ0n) is 12.7. The molecule has 0 amide bonds. The number of rotatable bonds is 7. The predicted octanol–water partition coefficient (Wildman–Crippen LogP) is 1.77. The lowest BCUT2D eigenvalue weighted by Gasteiger charge is -1.99. The molecule has 3 rings (SSSR count). The van der Waals surface area contributed by atoms with E-state index in [4.69, 9.17) is 9.63 Å². The summed E-state index contributed by atoms with van der Waals surface area (Å²) in [6.07, 6.45) is 1.63. The van der Waals surface area contributed by atoms with Crippen LogP contribution >= 0.6 is 11.8 Å². The van der Waals surface area contributed by atoms with Crippen LogP contribution in [0.3, 0.4) is 0 Å². The summed E-state index contributed by atoms with van der Waals surface area (Å²) < 4.78 is 7.01. The first-order valence-electron chi connectivity index (χ1n) is 7.23. The van der Waals surface area contributed by atoms with E-state index < -0.39 is 0 Å². The average molecular weight is 331 g/mol. The largest absolute Gasteiger partial charge is 0.388 e. The van der Waals surface area contributed by atoms with Gasteiger partial charge in [0, 0.05) is 13.5 Å². The van der Waals surface area contributed by atoms with E-state index in [2.05, 4.69) is 32.5 Å². The molecule has 7 nitrogen and oxygen atoms in total. The number of aromatic nitrogens is 5. The van der Waals surface area contributed by atoms with E-state index in [9.17, 15) is 0 Å². The molecule has 0 radical (unpaired) electrons. The van der Waals surface area contributed by atoms with Gasteiger partial charge in [-0.2, -0.15) is 4.98 Å². The molecule has 0 atom stereocenters. The number of hydrogen-bond donors (Lipinski definition) is 1. The quantitative estimate of drug-likeness (QED) is 0.660. The van der Waals surface area contributed by atoms with E-state index in [1.165, 1.54) is 17.3 Å². The maximum absolute atomic E-state index is 9.10. The molecule has 0 unspecified atom stereocenters. The maximum Gasteiger partial charge on any atom is 0.237 e. The summed E-state index contributed by atoms with van der Waals surface area (Å²) in [7, 11) is 1.81. The standard InChI is InChI=1S/C15H17N5O2S/c1-20-13(9-21)17-18-15(20)23-10-14-16-12(19-22-14)8-7-11-5-3-2-4-6-11/h2-6,21H,7-10H2,1H3. The van der Waals surface area contributed by atoms with Gasteiger partial charge in [-0.1, -0.05) is 47.3 Å². The Kier molecular flexibility index (Phi) is 5.04. The van der Waals surface area contributed by atoms with E-state index >= 15 is 0 Å². The molecule has 120 valence electrons. The van der Waals surface area contributed by atoms with Crippen LogP contribution in [0.2, 0.25) is 0 Å². The first-order chi connectivity index (χ1) is 11.3. The van der Waals surface area contributed by atoms with Gasteiger partial charge >= 0.3 is 0 Å². The van der Waals surface area contributed by atoms with Gasteiger partial charge in [0.05, 0.1) is 5.75 Å². The van der Waals surface area contributed by atoms with Crippen LogP contribution in [0.4, 0.5) is 0 Å². The fraction of sp³-hybridized carbons (Fsp3) is 0.333. The molecule has 0 saturated carbocycles. The second-order valence-corrected chi connectivity index (χ2v) is 5.94. The number of aliphatic hydroxyl groups is 1. The van der Waals surface area contributed by atoms with Gasteiger partial charge in [0.25, 0.3) is 0 Å². The van der Waals surface area contributed by atoms with Gasteiger partial charge in [0.2, 0.25) is 5.89 Å². The highest BCUT2D eigenvalue weighted by Gasteiger charge is 2.12. The lowest BCUT2D eigenvalue weighted by Crippen LogP contribution is -1.98. The lowest BCUT2D eigenvalue weighted by molar-refractivity contribution is 0.266. The van der Waals surface area contributed by atoms with Crippen molar-refractivity contribution in [2.45, 2.75) is 30.4 Å². The number of aliphatic hydroxyl groups excluding tert-OH is 1. The third-order valence-corrected chi connectivity index (χ3v) is 4.39. The second-order valence-electron chi connectivity index (χ2n) is 4.99. The van der Waals surface area contributed by atoms with Crippen molar-refractivity contribution in [2.24, 2.45) is 7.05 Å². The fourth-order valence-electron chi connectivity index (χ4n) is 2.09. The number of hydrogen-bond acceptors (Lipinski definition) is 7. The topological polar surface area (TPSA) is 89.9 Å². The molecule has 1 aromatic carbocycles. The smallest absolute Gasteiger partial charge is 0.237 e. The van der Waals surface area contributed by atoms with E-state index in [1.54, 1.807) is 4.57 Å². The summed E-state index contributed by atoms with van der Waals surface area (Å²) in [6, 6.07) is 10.2. The van der Waals surface area contributed by atoms with Crippen LogP contribution in [-0.4, -0.2) is 30.0 Å². The molecule has 0 bridgehead atoms. The Morgan fingerprint density at radius 3 is 2.74 bits per heavy atom. The molecule has 23 heavy (non-hydrogen) atoms. The van der Waals surface area contributed by atoms with Crippen molar-refractivity contribution >= 4 is 11.8 Å². The molecule has 0 aliphatic rings. The Bertz CT molecular complexity index is 756. The van der Waals surface area contributed by atoms with Crippen molar-refractivity contribution in [2.75, 3.05) is 0 Å². The number of thioether (sulfide) groups is 1.